The fraction of sp³-hybridized carbons (Fsp3) is 0.333. The third kappa shape index (κ3) is 4.32. The first-order valence-electron chi connectivity index (χ1n) is 10.4. The van der Waals surface area contributed by atoms with Gasteiger partial charge in [0, 0.05) is 42.7 Å². The standard InChI is InChI=1S/C24H28FN5O/c1-15-19(16(2)27-26-15)10-11-31-24-13-18(25)7-8-20(24)17-6-9-23-21(12-17)22(14-29(3)4)28-30(23)5/h6-9,12-13H,10-11,14H2,1-5H3,(H,26,27). The second-order valence-corrected chi connectivity index (χ2v) is 8.19. The molecule has 2 aromatic heterocycles. The van der Waals surface area contributed by atoms with Gasteiger partial charge in [0.25, 0.3) is 0 Å². The average molecular weight is 422 g/mol. The van der Waals surface area contributed by atoms with E-state index in [1.165, 1.54) is 12.1 Å². The highest BCUT2D eigenvalue weighted by Gasteiger charge is 2.14. The number of H-pyrrole nitrogens is 1. The largest absolute Gasteiger partial charge is 0.492 e. The van der Waals surface area contributed by atoms with Crippen LogP contribution >= 0.6 is 0 Å². The van der Waals surface area contributed by atoms with Crippen LogP contribution in [0.25, 0.3) is 22.0 Å². The van der Waals surface area contributed by atoms with Crippen molar-refractivity contribution in [2.75, 3.05) is 20.7 Å². The maximum absolute atomic E-state index is 14.0. The Morgan fingerprint density at radius 2 is 1.94 bits per heavy atom. The van der Waals surface area contributed by atoms with E-state index in [4.69, 9.17) is 4.74 Å². The fourth-order valence-corrected chi connectivity index (χ4v) is 3.98. The Kier molecular flexibility index (Phi) is 5.78. The number of fused-ring (bicyclic) bond motifs is 1. The summed E-state index contributed by atoms with van der Waals surface area (Å²) in [4.78, 5) is 2.10. The molecule has 0 aliphatic carbocycles. The molecule has 4 aromatic rings. The lowest BCUT2D eigenvalue weighted by atomic mass is 10.0. The first-order valence-corrected chi connectivity index (χ1v) is 10.4. The zero-order chi connectivity index (χ0) is 22.1. The van der Waals surface area contributed by atoms with Crippen LogP contribution in [-0.4, -0.2) is 45.6 Å². The van der Waals surface area contributed by atoms with Gasteiger partial charge in [-0.25, -0.2) is 4.39 Å². The molecule has 31 heavy (non-hydrogen) atoms. The predicted octanol–water partition coefficient (Wildman–Crippen LogP) is 4.40. The highest BCUT2D eigenvalue weighted by Crippen LogP contribution is 2.34. The number of hydrogen-bond donors (Lipinski definition) is 1. The van der Waals surface area contributed by atoms with Crippen LogP contribution in [0.4, 0.5) is 4.39 Å². The topological polar surface area (TPSA) is 59.0 Å². The number of ether oxygens (including phenoxy) is 1. The van der Waals surface area contributed by atoms with Crippen molar-refractivity contribution in [1.82, 2.24) is 24.9 Å². The summed E-state index contributed by atoms with van der Waals surface area (Å²) in [5.41, 5.74) is 7.07. The van der Waals surface area contributed by atoms with E-state index in [9.17, 15) is 4.39 Å². The summed E-state index contributed by atoms with van der Waals surface area (Å²) in [6.07, 6.45) is 0.707. The molecule has 2 heterocycles. The van der Waals surface area contributed by atoms with Gasteiger partial charge in [-0.05, 0) is 63.3 Å². The van der Waals surface area contributed by atoms with E-state index in [1.54, 1.807) is 6.07 Å². The van der Waals surface area contributed by atoms with Crippen LogP contribution in [0.5, 0.6) is 5.75 Å². The minimum atomic E-state index is -0.315. The second-order valence-electron chi connectivity index (χ2n) is 8.19. The van der Waals surface area contributed by atoms with Crippen molar-refractivity contribution in [3.05, 3.63) is 64.9 Å². The molecule has 0 unspecified atom stereocenters. The van der Waals surface area contributed by atoms with Gasteiger partial charge in [0.15, 0.2) is 0 Å². The Balaban J connectivity index is 1.65. The zero-order valence-corrected chi connectivity index (χ0v) is 18.7. The Morgan fingerprint density at radius 1 is 1.13 bits per heavy atom. The number of aromatic nitrogens is 4. The third-order valence-electron chi connectivity index (χ3n) is 5.54. The molecule has 0 saturated heterocycles. The maximum atomic E-state index is 14.0. The highest BCUT2D eigenvalue weighted by molar-refractivity contribution is 5.88. The normalized spacial score (nSPS) is 11.6. The molecule has 1 N–H and O–H groups in total. The summed E-state index contributed by atoms with van der Waals surface area (Å²) in [7, 11) is 6.01. The monoisotopic (exact) mass is 421 g/mol. The van der Waals surface area contributed by atoms with Crippen molar-refractivity contribution in [1.29, 1.82) is 0 Å². The van der Waals surface area contributed by atoms with Crippen molar-refractivity contribution < 1.29 is 9.13 Å². The highest BCUT2D eigenvalue weighted by atomic mass is 19.1. The Bertz CT molecular complexity index is 1200. The van der Waals surface area contributed by atoms with Gasteiger partial charge in [-0.1, -0.05) is 6.07 Å². The molecule has 6 nitrogen and oxygen atoms in total. The number of nitrogens with zero attached hydrogens (tertiary/aromatic N) is 4. The van der Waals surface area contributed by atoms with E-state index < -0.39 is 0 Å². The molecule has 0 spiro atoms. The van der Waals surface area contributed by atoms with Crippen molar-refractivity contribution in [3.8, 4) is 16.9 Å². The van der Waals surface area contributed by atoms with Crippen molar-refractivity contribution in [2.24, 2.45) is 7.05 Å². The Labute approximate surface area is 181 Å². The number of aromatic amines is 1. The molecule has 2 aromatic carbocycles. The molecule has 0 fully saturated rings. The number of rotatable bonds is 7. The number of nitrogens with one attached hydrogen (secondary N) is 1. The van der Waals surface area contributed by atoms with Gasteiger partial charge in [0.05, 0.1) is 23.5 Å². The van der Waals surface area contributed by atoms with Gasteiger partial charge >= 0.3 is 0 Å². The summed E-state index contributed by atoms with van der Waals surface area (Å²) >= 11 is 0. The summed E-state index contributed by atoms with van der Waals surface area (Å²) < 4.78 is 22.0. The molecular formula is C24H28FN5O. The van der Waals surface area contributed by atoms with Crippen molar-refractivity contribution >= 4 is 10.9 Å². The van der Waals surface area contributed by atoms with Gasteiger partial charge in [0.2, 0.25) is 0 Å². The number of aryl methyl sites for hydroxylation is 3. The zero-order valence-electron chi connectivity index (χ0n) is 18.7. The predicted molar refractivity (Wildman–Crippen MR) is 121 cm³/mol. The van der Waals surface area contributed by atoms with Gasteiger partial charge in [0.1, 0.15) is 11.6 Å². The summed E-state index contributed by atoms with van der Waals surface area (Å²) in [6, 6.07) is 10.9. The lowest BCUT2D eigenvalue weighted by molar-refractivity contribution is 0.321. The van der Waals surface area contributed by atoms with Crippen LogP contribution in [0.15, 0.2) is 36.4 Å². The van der Waals surface area contributed by atoms with Gasteiger partial charge in [-0.15, -0.1) is 0 Å². The summed E-state index contributed by atoms with van der Waals surface area (Å²) in [5.74, 6) is 0.223. The molecule has 7 heteroatoms. The van der Waals surface area contributed by atoms with E-state index in [0.29, 0.717) is 18.8 Å². The lowest BCUT2D eigenvalue weighted by Gasteiger charge is -2.13. The van der Waals surface area contributed by atoms with Crippen LogP contribution in [0, 0.1) is 19.7 Å². The molecule has 0 aliphatic heterocycles. The third-order valence-corrected chi connectivity index (χ3v) is 5.54. The van der Waals surface area contributed by atoms with E-state index in [1.807, 2.05) is 45.7 Å². The molecular weight excluding hydrogens is 393 g/mol. The molecule has 0 saturated carbocycles. The lowest BCUT2D eigenvalue weighted by Crippen LogP contribution is -2.11. The van der Waals surface area contributed by atoms with E-state index in [2.05, 4.69) is 32.3 Å². The van der Waals surface area contributed by atoms with Gasteiger partial charge in [-0.3, -0.25) is 9.78 Å². The minimum absolute atomic E-state index is 0.315. The van der Waals surface area contributed by atoms with Crippen LogP contribution < -0.4 is 4.74 Å². The minimum Gasteiger partial charge on any atom is -0.492 e. The average Bonchev–Trinajstić information content (AvgIpc) is 3.20. The molecule has 4 rings (SSSR count). The fourth-order valence-electron chi connectivity index (χ4n) is 3.98. The Morgan fingerprint density at radius 3 is 2.65 bits per heavy atom. The number of hydrogen-bond acceptors (Lipinski definition) is 4. The van der Waals surface area contributed by atoms with Crippen LogP contribution in [0.2, 0.25) is 0 Å². The van der Waals surface area contributed by atoms with Crippen LogP contribution in [-0.2, 0) is 20.0 Å². The molecule has 0 amide bonds. The van der Waals surface area contributed by atoms with Crippen LogP contribution in [0.1, 0.15) is 22.6 Å². The molecule has 0 radical (unpaired) electrons. The molecule has 0 atom stereocenters. The number of benzene rings is 2. The van der Waals surface area contributed by atoms with Crippen LogP contribution in [0.3, 0.4) is 0 Å². The number of halogens is 1. The quantitative estimate of drug-likeness (QED) is 0.480. The Hall–Kier alpha value is -3.19. The van der Waals surface area contributed by atoms with E-state index >= 15 is 0 Å². The maximum Gasteiger partial charge on any atom is 0.130 e. The van der Waals surface area contributed by atoms with Gasteiger partial charge < -0.3 is 9.64 Å². The smallest absolute Gasteiger partial charge is 0.130 e. The summed E-state index contributed by atoms with van der Waals surface area (Å²) in [6.45, 7) is 5.16. The molecule has 0 bridgehead atoms. The first kappa shape index (κ1) is 21.1. The molecule has 162 valence electrons. The SMILES string of the molecule is Cc1n[nH]c(C)c1CCOc1cc(F)ccc1-c1ccc2c(c1)c(CN(C)C)nn2C. The first-order chi connectivity index (χ1) is 14.8. The van der Waals surface area contributed by atoms with Crippen molar-refractivity contribution in [3.63, 3.8) is 0 Å². The molecule has 0 aliphatic rings. The summed E-state index contributed by atoms with van der Waals surface area (Å²) in [5, 5.41) is 13.0. The van der Waals surface area contributed by atoms with Gasteiger partial charge in [-0.2, -0.15) is 10.2 Å². The van der Waals surface area contributed by atoms with Crippen molar-refractivity contribution in [2.45, 2.75) is 26.8 Å². The second kappa shape index (κ2) is 8.51. The van der Waals surface area contributed by atoms with E-state index in [-0.39, 0.29) is 5.82 Å². The van der Waals surface area contributed by atoms with E-state index in [0.717, 1.165) is 51.2 Å².